The number of benzene rings is 1. The number of aromatic nitrogens is 3. The minimum absolute atomic E-state index is 0.149. The lowest BCUT2D eigenvalue weighted by Gasteiger charge is -2.34. The third kappa shape index (κ3) is 3.45. The maximum absolute atomic E-state index is 12.9. The molecule has 0 spiro atoms. The molecule has 5 rings (SSSR count). The van der Waals surface area contributed by atoms with E-state index in [1.165, 1.54) is 12.3 Å². The average molecular weight is 438 g/mol. The largest absolute Gasteiger partial charge is 0.459 e. The van der Waals surface area contributed by atoms with Crippen LogP contribution in [0.1, 0.15) is 28.3 Å². The SMILES string of the molecule is N#Cc1nc(-c2ccco2)oc1N1CCN(C(=O)c2ccc3nc(C(F)F)[nH]c3c2)CC1. The number of fused-ring (bicyclic) bond motifs is 1. The quantitative estimate of drug-likeness (QED) is 0.518. The Hall–Kier alpha value is -4.20. The van der Waals surface area contributed by atoms with E-state index in [-0.39, 0.29) is 17.5 Å². The molecule has 0 unspecified atom stereocenters. The smallest absolute Gasteiger partial charge is 0.295 e. The first kappa shape index (κ1) is 19.7. The minimum atomic E-state index is -2.71. The molecule has 11 heteroatoms. The molecule has 9 nitrogen and oxygen atoms in total. The van der Waals surface area contributed by atoms with Crippen molar-refractivity contribution in [2.45, 2.75) is 6.43 Å². The van der Waals surface area contributed by atoms with Crippen LogP contribution in [-0.4, -0.2) is 51.9 Å². The van der Waals surface area contributed by atoms with Gasteiger partial charge in [-0.25, -0.2) is 13.8 Å². The second-order valence-electron chi connectivity index (χ2n) is 7.20. The first-order valence-electron chi connectivity index (χ1n) is 9.80. The van der Waals surface area contributed by atoms with E-state index in [0.29, 0.717) is 54.4 Å². The Bertz CT molecular complexity index is 1310. The molecule has 1 saturated heterocycles. The molecule has 0 bridgehead atoms. The molecule has 0 radical (unpaired) electrons. The summed E-state index contributed by atoms with van der Waals surface area (Å²) in [6.45, 7) is 1.66. The summed E-state index contributed by atoms with van der Waals surface area (Å²) in [5, 5.41) is 9.42. The molecule has 1 N–H and O–H groups in total. The molecular weight excluding hydrogens is 422 g/mol. The van der Waals surface area contributed by atoms with Crippen LogP contribution in [0, 0.1) is 11.3 Å². The van der Waals surface area contributed by atoms with Crippen LogP contribution in [-0.2, 0) is 0 Å². The molecule has 0 aliphatic carbocycles. The van der Waals surface area contributed by atoms with Crippen LogP contribution in [0.2, 0.25) is 0 Å². The Morgan fingerprint density at radius 1 is 1.19 bits per heavy atom. The van der Waals surface area contributed by atoms with Crippen molar-refractivity contribution < 1.29 is 22.4 Å². The molecule has 1 fully saturated rings. The lowest BCUT2D eigenvalue weighted by molar-refractivity contribution is 0.0745. The Labute approximate surface area is 179 Å². The van der Waals surface area contributed by atoms with Crippen LogP contribution in [0.3, 0.4) is 0 Å². The number of nitrogens with one attached hydrogen (secondary N) is 1. The third-order valence-electron chi connectivity index (χ3n) is 5.26. The fraction of sp³-hybridized carbons (Fsp3) is 0.238. The molecule has 32 heavy (non-hydrogen) atoms. The van der Waals surface area contributed by atoms with Gasteiger partial charge in [-0.15, -0.1) is 0 Å². The van der Waals surface area contributed by atoms with Gasteiger partial charge in [0.1, 0.15) is 6.07 Å². The molecule has 1 aromatic carbocycles. The monoisotopic (exact) mass is 438 g/mol. The summed E-state index contributed by atoms with van der Waals surface area (Å²) in [6, 6.07) is 10.1. The molecular formula is C21H16F2N6O3. The van der Waals surface area contributed by atoms with Gasteiger partial charge in [0.05, 0.1) is 17.3 Å². The van der Waals surface area contributed by atoms with Crippen molar-refractivity contribution in [1.82, 2.24) is 19.9 Å². The number of furan rings is 1. The summed E-state index contributed by atoms with van der Waals surface area (Å²) >= 11 is 0. The van der Waals surface area contributed by atoms with Crippen molar-refractivity contribution >= 4 is 22.8 Å². The average Bonchev–Trinajstić information content (AvgIpc) is 3.57. The van der Waals surface area contributed by atoms with Gasteiger partial charge in [-0.3, -0.25) is 4.79 Å². The van der Waals surface area contributed by atoms with Crippen molar-refractivity contribution in [1.29, 1.82) is 5.26 Å². The number of nitriles is 1. The van der Waals surface area contributed by atoms with Crippen molar-refractivity contribution in [2.24, 2.45) is 0 Å². The zero-order valence-corrected chi connectivity index (χ0v) is 16.6. The van der Waals surface area contributed by atoms with Crippen molar-refractivity contribution in [3.05, 3.63) is 53.7 Å². The fourth-order valence-corrected chi connectivity index (χ4v) is 3.67. The van der Waals surface area contributed by atoms with E-state index in [9.17, 15) is 18.8 Å². The van der Waals surface area contributed by atoms with Gasteiger partial charge in [-0.2, -0.15) is 10.2 Å². The Kier molecular flexibility index (Phi) is 4.82. The highest BCUT2D eigenvalue weighted by molar-refractivity contribution is 5.97. The van der Waals surface area contributed by atoms with Crippen LogP contribution < -0.4 is 4.90 Å². The summed E-state index contributed by atoms with van der Waals surface area (Å²) in [7, 11) is 0. The number of aromatic amines is 1. The van der Waals surface area contributed by atoms with Crippen LogP contribution in [0.5, 0.6) is 0 Å². The van der Waals surface area contributed by atoms with Crippen LogP contribution in [0.25, 0.3) is 22.7 Å². The standard InChI is InChI=1S/C21H16F2N6O3/c22-17(23)18-25-13-4-3-12(10-14(13)26-18)20(30)28-5-7-29(8-6-28)21-15(11-24)27-19(32-21)16-2-1-9-31-16/h1-4,9-10,17H,5-8H2,(H,25,26). The first-order valence-corrected chi connectivity index (χ1v) is 9.80. The predicted molar refractivity (Wildman–Crippen MR) is 108 cm³/mol. The van der Waals surface area contributed by atoms with Crippen molar-refractivity contribution in [2.75, 3.05) is 31.1 Å². The van der Waals surface area contributed by atoms with E-state index < -0.39 is 12.2 Å². The van der Waals surface area contributed by atoms with E-state index in [0.717, 1.165) is 0 Å². The highest BCUT2D eigenvalue weighted by Crippen LogP contribution is 2.29. The summed E-state index contributed by atoms with van der Waals surface area (Å²) in [5.41, 5.74) is 1.29. The summed E-state index contributed by atoms with van der Waals surface area (Å²) in [5.74, 6) is 0.341. The summed E-state index contributed by atoms with van der Waals surface area (Å²) < 4.78 is 36.8. The number of amides is 1. The predicted octanol–water partition coefficient (Wildman–Crippen LogP) is 3.58. The van der Waals surface area contributed by atoms with Gasteiger partial charge in [-0.05, 0) is 30.3 Å². The molecule has 4 heterocycles. The molecule has 0 atom stereocenters. The third-order valence-corrected chi connectivity index (χ3v) is 5.26. The normalized spacial score (nSPS) is 14.3. The number of hydrogen-bond donors (Lipinski definition) is 1. The van der Waals surface area contributed by atoms with Gasteiger partial charge in [0, 0.05) is 31.7 Å². The lowest BCUT2D eigenvalue weighted by Crippen LogP contribution is -2.48. The molecule has 162 valence electrons. The molecule has 0 saturated carbocycles. The zero-order chi connectivity index (χ0) is 22.2. The number of nitrogens with zero attached hydrogens (tertiary/aromatic N) is 5. The maximum atomic E-state index is 12.9. The zero-order valence-electron chi connectivity index (χ0n) is 16.6. The first-order chi connectivity index (χ1) is 15.5. The second-order valence-corrected chi connectivity index (χ2v) is 7.20. The highest BCUT2D eigenvalue weighted by atomic mass is 19.3. The van der Waals surface area contributed by atoms with E-state index in [2.05, 4.69) is 15.0 Å². The molecule has 4 aromatic rings. The van der Waals surface area contributed by atoms with Crippen LogP contribution in [0.15, 0.2) is 45.4 Å². The number of anilines is 1. The van der Waals surface area contributed by atoms with E-state index in [1.807, 2.05) is 11.0 Å². The number of H-pyrrole nitrogens is 1. The van der Waals surface area contributed by atoms with Gasteiger partial charge >= 0.3 is 0 Å². The van der Waals surface area contributed by atoms with E-state index in [4.69, 9.17) is 8.83 Å². The van der Waals surface area contributed by atoms with Gasteiger partial charge < -0.3 is 23.6 Å². The van der Waals surface area contributed by atoms with Gasteiger partial charge in [0.25, 0.3) is 18.2 Å². The Morgan fingerprint density at radius 2 is 2.00 bits per heavy atom. The number of oxazole rings is 1. The van der Waals surface area contributed by atoms with Gasteiger partial charge in [0.2, 0.25) is 11.6 Å². The molecule has 1 amide bonds. The van der Waals surface area contributed by atoms with Crippen molar-refractivity contribution in [3.63, 3.8) is 0 Å². The van der Waals surface area contributed by atoms with Gasteiger partial charge in [0.15, 0.2) is 11.6 Å². The fourth-order valence-electron chi connectivity index (χ4n) is 3.67. The summed E-state index contributed by atoms with van der Waals surface area (Å²) in [4.78, 5) is 27.0. The number of carbonyl (C=O) groups excluding carboxylic acids is 1. The molecule has 3 aromatic heterocycles. The number of carbonyl (C=O) groups is 1. The van der Waals surface area contributed by atoms with Crippen molar-refractivity contribution in [3.8, 4) is 17.7 Å². The molecule has 1 aliphatic rings. The number of piperazine rings is 1. The van der Waals surface area contributed by atoms with E-state index >= 15 is 0 Å². The number of imidazole rings is 1. The number of rotatable bonds is 4. The highest BCUT2D eigenvalue weighted by Gasteiger charge is 2.28. The number of alkyl halides is 2. The Balaban J connectivity index is 1.30. The van der Waals surface area contributed by atoms with Crippen LogP contribution >= 0.6 is 0 Å². The lowest BCUT2D eigenvalue weighted by atomic mass is 10.1. The van der Waals surface area contributed by atoms with Crippen LogP contribution in [0.4, 0.5) is 14.7 Å². The topological polar surface area (TPSA) is 115 Å². The van der Waals surface area contributed by atoms with Gasteiger partial charge in [-0.1, -0.05) is 0 Å². The second kappa shape index (κ2) is 7.81. The summed E-state index contributed by atoms with van der Waals surface area (Å²) in [6.07, 6.45) is -1.22. The maximum Gasteiger partial charge on any atom is 0.295 e. The number of hydrogen-bond acceptors (Lipinski definition) is 7. The minimum Gasteiger partial charge on any atom is -0.459 e. The molecule has 1 aliphatic heterocycles. The number of halogens is 2. The van der Waals surface area contributed by atoms with E-state index in [1.54, 1.807) is 29.2 Å². The Morgan fingerprint density at radius 3 is 2.69 bits per heavy atom.